The van der Waals surface area contributed by atoms with Crippen LogP contribution in [0.25, 0.3) is 0 Å². The maximum absolute atomic E-state index is 12.1. The average molecular weight is 327 g/mol. The van der Waals surface area contributed by atoms with Gasteiger partial charge in [0.15, 0.2) is 9.84 Å². The van der Waals surface area contributed by atoms with Crippen molar-refractivity contribution in [3.05, 3.63) is 52.8 Å². The third kappa shape index (κ3) is 3.08. The first-order valence-electron chi connectivity index (χ1n) is 5.16. The Morgan fingerprint density at radius 2 is 1.78 bits per heavy atom. The molecule has 0 spiro atoms. The molecule has 2 N–H and O–H groups in total. The first kappa shape index (κ1) is 13.0. The first-order chi connectivity index (χ1) is 8.47. The van der Waals surface area contributed by atoms with E-state index in [0.29, 0.717) is 11.4 Å². The van der Waals surface area contributed by atoms with Crippen LogP contribution >= 0.6 is 15.9 Å². The molecule has 2 rings (SSSR count). The van der Waals surface area contributed by atoms with E-state index >= 15 is 0 Å². The Hall–Kier alpha value is -1.40. The second kappa shape index (κ2) is 5.07. The zero-order valence-corrected chi connectivity index (χ0v) is 11.8. The average Bonchev–Trinajstić information content (AvgIpc) is 2.32. The molecule has 0 aliphatic carbocycles. The fourth-order valence-corrected chi connectivity index (χ4v) is 2.96. The lowest BCUT2D eigenvalue weighted by Crippen LogP contribution is -2.06. The summed E-state index contributed by atoms with van der Waals surface area (Å²) in [7, 11) is -3.38. The molecule has 0 aliphatic heterocycles. The quantitative estimate of drug-likeness (QED) is 0.879. The molecule has 1 aromatic heterocycles. The van der Waals surface area contributed by atoms with E-state index in [4.69, 9.17) is 5.73 Å². The zero-order chi connectivity index (χ0) is 13.2. The summed E-state index contributed by atoms with van der Waals surface area (Å²) >= 11 is 3.25. The molecule has 4 nitrogen and oxygen atoms in total. The minimum absolute atomic E-state index is 0.121. The maximum Gasteiger partial charge on any atom is 0.184 e. The van der Waals surface area contributed by atoms with E-state index in [1.807, 2.05) is 0 Å². The summed E-state index contributed by atoms with van der Waals surface area (Å²) in [6, 6.07) is 9.59. The first-order valence-corrected chi connectivity index (χ1v) is 7.61. The van der Waals surface area contributed by atoms with Crippen LogP contribution in [0.1, 0.15) is 5.69 Å². The molecule has 6 heteroatoms. The summed E-state index contributed by atoms with van der Waals surface area (Å²) in [5, 5.41) is 0. The van der Waals surface area contributed by atoms with Crippen molar-refractivity contribution < 1.29 is 8.42 Å². The third-order valence-electron chi connectivity index (χ3n) is 2.37. The summed E-state index contributed by atoms with van der Waals surface area (Å²) in [6.45, 7) is 0. The molecule has 18 heavy (non-hydrogen) atoms. The molecule has 0 saturated heterocycles. The molecule has 0 aliphatic rings. The van der Waals surface area contributed by atoms with E-state index < -0.39 is 9.84 Å². The zero-order valence-electron chi connectivity index (χ0n) is 9.38. The highest BCUT2D eigenvalue weighted by Gasteiger charge is 2.15. The van der Waals surface area contributed by atoms with Crippen LogP contribution in [0.5, 0.6) is 0 Å². The Labute approximate surface area is 114 Å². The molecule has 2 aromatic rings. The van der Waals surface area contributed by atoms with Crippen LogP contribution in [0.2, 0.25) is 0 Å². The van der Waals surface area contributed by atoms with Gasteiger partial charge in [0.2, 0.25) is 0 Å². The molecule has 0 saturated carbocycles. The van der Waals surface area contributed by atoms with Crippen LogP contribution in [0.4, 0.5) is 5.69 Å². The van der Waals surface area contributed by atoms with Gasteiger partial charge < -0.3 is 5.73 Å². The minimum atomic E-state index is -3.38. The van der Waals surface area contributed by atoms with E-state index in [9.17, 15) is 8.42 Å². The predicted octanol–water partition coefficient (Wildman–Crippen LogP) is 2.40. The van der Waals surface area contributed by atoms with Gasteiger partial charge in [-0.1, -0.05) is 0 Å². The van der Waals surface area contributed by atoms with Gasteiger partial charge in [0.25, 0.3) is 0 Å². The van der Waals surface area contributed by atoms with Gasteiger partial charge >= 0.3 is 0 Å². The van der Waals surface area contributed by atoms with Crippen molar-refractivity contribution in [2.24, 2.45) is 0 Å². The van der Waals surface area contributed by atoms with E-state index in [2.05, 4.69) is 20.9 Å². The number of aromatic nitrogens is 1. The van der Waals surface area contributed by atoms with Crippen LogP contribution in [-0.4, -0.2) is 13.4 Å². The molecular weight excluding hydrogens is 316 g/mol. The molecule has 0 bridgehead atoms. The van der Waals surface area contributed by atoms with Crippen molar-refractivity contribution >= 4 is 31.5 Å². The minimum Gasteiger partial charge on any atom is -0.399 e. The third-order valence-corrected chi connectivity index (χ3v) is 4.50. The number of benzene rings is 1. The number of sulfone groups is 1. The van der Waals surface area contributed by atoms with Crippen molar-refractivity contribution in [2.45, 2.75) is 10.6 Å². The summed E-state index contributed by atoms with van der Waals surface area (Å²) in [6.07, 6.45) is 1.58. The van der Waals surface area contributed by atoms with E-state index in [1.165, 1.54) is 12.1 Å². The number of nitrogens with zero attached hydrogens (tertiary/aromatic N) is 1. The Morgan fingerprint density at radius 1 is 1.11 bits per heavy atom. The number of rotatable bonds is 3. The molecular formula is C12H11BrN2O2S. The molecule has 0 unspecified atom stereocenters. The lowest BCUT2D eigenvalue weighted by Gasteiger charge is -2.04. The lowest BCUT2D eigenvalue weighted by molar-refractivity contribution is 0.594. The van der Waals surface area contributed by atoms with Gasteiger partial charge in [-0.2, -0.15) is 0 Å². The summed E-state index contributed by atoms with van der Waals surface area (Å²) < 4.78 is 25.0. The van der Waals surface area contributed by atoms with Crippen LogP contribution in [0.3, 0.4) is 0 Å². The number of nitrogens with two attached hydrogens (primary N) is 1. The lowest BCUT2D eigenvalue weighted by atomic mass is 10.3. The predicted molar refractivity (Wildman–Crippen MR) is 73.7 cm³/mol. The van der Waals surface area contributed by atoms with E-state index in [1.54, 1.807) is 30.5 Å². The van der Waals surface area contributed by atoms with E-state index in [0.717, 1.165) is 4.47 Å². The monoisotopic (exact) mass is 326 g/mol. The highest BCUT2D eigenvalue weighted by Crippen LogP contribution is 2.17. The highest BCUT2D eigenvalue weighted by molar-refractivity contribution is 9.10. The van der Waals surface area contributed by atoms with Gasteiger partial charge in [-0.3, -0.25) is 4.98 Å². The Bertz CT molecular complexity index is 637. The van der Waals surface area contributed by atoms with Crippen molar-refractivity contribution in [2.75, 3.05) is 5.73 Å². The largest absolute Gasteiger partial charge is 0.399 e. The fraction of sp³-hybridized carbons (Fsp3) is 0.0833. The molecule has 1 aromatic carbocycles. The molecule has 1 heterocycles. The second-order valence-electron chi connectivity index (χ2n) is 3.80. The summed E-state index contributed by atoms with van der Waals surface area (Å²) in [5.74, 6) is -0.121. The van der Waals surface area contributed by atoms with Crippen molar-refractivity contribution in [1.29, 1.82) is 0 Å². The molecule has 0 radical (unpaired) electrons. The Morgan fingerprint density at radius 3 is 2.33 bits per heavy atom. The smallest absolute Gasteiger partial charge is 0.184 e. The maximum atomic E-state index is 12.1. The number of pyridine rings is 1. The van der Waals surface area contributed by atoms with Gasteiger partial charge in [-0.05, 0) is 52.3 Å². The molecule has 0 atom stereocenters. The topological polar surface area (TPSA) is 73.1 Å². The van der Waals surface area contributed by atoms with Gasteiger partial charge in [0.1, 0.15) is 0 Å². The number of anilines is 1. The summed E-state index contributed by atoms with van der Waals surface area (Å²) in [5.41, 5.74) is 6.57. The Kier molecular flexibility index (Phi) is 3.68. The number of nitrogen functional groups attached to an aromatic ring is 1. The van der Waals surface area contributed by atoms with Crippen molar-refractivity contribution in [1.82, 2.24) is 4.98 Å². The van der Waals surface area contributed by atoms with Gasteiger partial charge in [-0.25, -0.2) is 8.42 Å². The fourth-order valence-electron chi connectivity index (χ4n) is 1.45. The molecule has 94 valence electrons. The van der Waals surface area contributed by atoms with E-state index in [-0.39, 0.29) is 10.6 Å². The van der Waals surface area contributed by atoms with Crippen LogP contribution in [-0.2, 0) is 15.6 Å². The second-order valence-corrected chi connectivity index (χ2v) is 6.70. The van der Waals surface area contributed by atoms with Crippen LogP contribution in [0.15, 0.2) is 52.0 Å². The number of halogens is 1. The normalized spacial score (nSPS) is 11.4. The van der Waals surface area contributed by atoms with Crippen LogP contribution < -0.4 is 5.73 Å². The standard InChI is InChI=1S/C12H11BrN2O2S/c13-9-1-4-11(15-7-9)8-18(16,17)12-5-2-10(14)3-6-12/h1-7H,8,14H2. The van der Waals surface area contributed by atoms with Gasteiger partial charge in [0, 0.05) is 16.4 Å². The number of hydrogen-bond acceptors (Lipinski definition) is 4. The van der Waals surface area contributed by atoms with Gasteiger partial charge in [-0.15, -0.1) is 0 Å². The molecule has 0 amide bonds. The Balaban J connectivity index is 2.27. The van der Waals surface area contributed by atoms with Crippen molar-refractivity contribution in [3.63, 3.8) is 0 Å². The summed E-state index contributed by atoms with van der Waals surface area (Å²) in [4.78, 5) is 4.31. The number of hydrogen-bond donors (Lipinski definition) is 1. The van der Waals surface area contributed by atoms with Crippen LogP contribution in [0, 0.1) is 0 Å². The molecule has 0 fully saturated rings. The van der Waals surface area contributed by atoms with Gasteiger partial charge in [0.05, 0.1) is 16.3 Å². The SMILES string of the molecule is Nc1ccc(S(=O)(=O)Cc2ccc(Br)cn2)cc1. The highest BCUT2D eigenvalue weighted by atomic mass is 79.9. The van der Waals surface area contributed by atoms with Crippen molar-refractivity contribution in [3.8, 4) is 0 Å².